The molecular weight excluding hydrogens is 264 g/mol. The summed E-state index contributed by atoms with van der Waals surface area (Å²) in [6.45, 7) is 9.15. The minimum atomic E-state index is -0.0145. The molecule has 0 aliphatic carbocycles. The summed E-state index contributed by atoms with van der Waals surface area (Å²) in [7, 11) is 2.19. The number of hydrogen-bond acceptors (Lipinski definition) is 4. The van der Waals surface area contributed by atoms with Crippen LogP contribution in [0.5, 0.6) is 0 Å². The minimum absolute atomic E-state index is 0.0145. The highest BCUT2D eigenvalue weighted by Gasteiger charge is 2.18. The van der Waals surface area contributed by atoms with Gasteiger partial charge in [0.2, 0.25) is 0 Å². The first kappa shape index (κ1) is 16.2. The van der Waals surface area contributed by atoms with Crippen molar-refractivity contribution in [2.75, 3.05) is 26.7 Å². The van der Waals surface area contributed by atoms with E-state index in [1.165, 1.54) is 32.4 Å². The molecule has 1 unspecified atom stereocenters. The summed E-state index contributed by atoms with van der Waals surface area (Å²) >= 11 is 0. The molecule has 5 heteroatoms. The van der Waals surface area contributed by atoms with Gasteiger partial charge >= 0.3 is 0 Å². The van der Waals surface area contributed by atoms with Gasteiger partial charge in [-0.25, -0.2) is 4.98 Å². The molecule has 1 aromatic heterocycles. The van der Waals surface area contributed by atoms with Crippen LogP contribution in [0.25, 0.3) is 0 Å². The zero-order valence-corrected chi connectivity index (χ0v) is 13.7. The van der Waals surface area contributed by atoms with Gasteiger partial charge in [-0.1, -0.05) is 0 Å². The molecule has 1 atom stereocenters. The summed E-state index contributed by atoms with van der Waals surface area (Å²) in [6.07, 6.45) is 3.77. The average Bonchev–Trinajstić information content (AvgIpc) is 2.40. The Morgan fingerprint density at radius 1 is 1.38 bits per heavy atom. The van der Waals surface area contributed by atoms with Gasteiger partial charge in [-0.2, -0.15) is 0 Å². The van der Waals surface area contributed by atoms with Crippen LogP contribution in [0.1, 0.15) is 49.3 Å². The molecule has 1 aromatic rings. The van der Waals surface area contributed by atoms with Crippen LogP contribution in [0.15, 0.2) is 4.79 Å². The highest BCUT2D eigenvalue weighted by Crippen LogP contribution is 2.19. The molecule has 0 spiro atoms. The lowest BCUT2D eigenvalue weighted by molar-refractivity contribution is 0.210. The summed E-state index contributed by atoms with van der Waals surface area (Å²) in [4.78, 5) is 21.6. The lowest BCUT2D eigenvalue weighted by Crippen LogP contribution is -2.33. The van der Waals surface area contributed by atoms with Gasteiger partial charge in [0.25, 0.3) is 5.56 Å². The minimum Gasteiger partial charge on any atom is -0.310 e. The van der Waals surface area contributed by atoms with E-state index < -0.39 is 0 Å². The molecule has 1 saturated heterocycles. The number of aryl methyl sites for hydroxylation is 2. The third-order valence-electron chi connectivity index (χ3n) is 4.54. The molecule has 1 aliphatic heterocycles. The third-order valence-corrected chi connectivity index (χ3v) is 4.54. The van der Waals surface area contributed by atoms with Crippen LogP contribution in [0.2, 0.25) is 0 Å². The molecule has 1 fully saturated rings. The fourth-order valence-corrected chi connectivity index (χ4v) is 3.20. The van der Waals surface area contributed by atoms with Crippen molar-refractivity contribution in [2.45, 2.75) is 46.1 Å². The van der Waals surface area contributed by atoms with Gasteiger partial charge in [0.1, 0.15) is 5.82 Å². The topological polar surface area (TPSA) is 61.0 Å². The monoisotopic (exact) mass is 292 g/mol. The molecule has 2 rings (SSSR count). The van der Waals surface area contributed by atoms with E-state index in [0.717, 1.165) is 23.7 Å². The van der Waals surface area contributed by atoms with Gasteiger partial charge < -0.3 is 15.2 Å². The highest BCUT2D eigenvalue weighted by molar-refractivity contribution is 5.19. The van der Waals surface area contributed by atoms with Crippen LogP contribution in [0.3, 0.4) is 0 Å². The first-order chi connectivity index (χ1) is 9.97. The van der Waals surface area contributed by atoms with Gasteiger partial charge in [0.15, 0.2) is 0 Å². The van der Waals surface area contributed by atoms with Crippen LogP contribution < -0.4 is 10.9 Å². The molecule has 0 aromatic carbocycles. The predicted octanol–water partition coefficient (Wildman–Crippen LogP) is 1.77. The average molecular weight is 292 g/mol. The maximum absolute atomic E-state index is 12.1. The Balaban J connectivity index is 1.85. The molecule has 0 amide bonds. The highest BCUT2D eigenvalue weighted by atomic mass is 16.1. The molecule has 0 bridgehead atoms. The molecule has 0 saturated carbocycles. The van der Waals surface area contributed by atoms with Gasteiger partial charge in [0, 0.05) is 11.7 Å². The first-order valence-corrected chi connectivity index (χ1v) is 7.96. The van der Waals surface area contributed by atoms with E-state index in [1.807, 2.05) is 20.8 Å². The molecule has 118 valence electrons. The zero-order valence-electron chi connectivity index (χ0n) is 13.7. The van der Waals surface area contributed by atoms with E-state index in [1.54, 1.807) is 0 Å². The van der Waals surface area contributed by atoms with Gasteiger partial charge in [-0.05, 0) is 72.6 Å². The van der Waals surface area contributed by atoms with Crippen LogP contribution >= 0.6 is 0 Å². The maximum Gasteiger partial charge on any atom is 0.255 e. The van der Waals surface area contributed by atoms with Crippen molar-refractivity contribution in [3.8, 4) is 0 Å². The Morgan fingerprint density at radius 2 is 2.05 bits per heavy atom. The molecule has 21 heavy (non-hydrogen) atoms. The van der Waals surface area contributed by atoms with Crippen LogP contribution in [-0.4, -0.2) is 41.5 Å². The quantitative estimate of drug-likeness (QED) is 0.868. The number of rotatable bonds is 5. The van der Waals surface area contributed by atoms with Crippen molar-refractivity contribution in [1.29, 1.82) is 0 Å². The molecule has 2 N–H and O–H groups in total. The van der Waals surface area contributed by atoms with Crippen molar-refractivity contribution in [3.63, 3.8) is 0 Å². The van der Waals surface area contributed by atoms with E-state index in [4.69, 9.17) is 0 Å². The second-order valence-electron chi connectivity index (χ2n) is 6.36. The Labute approximate surface area is 127 Å². The van der Waals surface area contributed by atoms with Crippen molar-refractivity contribution in [2.24, 2.45) is 5.92 Å². The summed E-state index contributed by atoms with van der Waals surface area (Å²) < 4.78 is 0. The number of hydrogen-bond donors (Lipinski definition) is 2. The lowest BCUT2D eigenvalue weighted by atomic mass is 9.93. The number of nitrogens with zero attached hydrogens (tertiary/aromatic N) is 2. The SMILES string of the molecule is Cc1nc(C)c(C(C)NCCC2CCN(C)CC2)c(=O)[nH]1. The van der Waals surface area contributed by atoms with E-state index in [-0.39, 0.29) is 11.6 Å². The predicted molar refractivity (Wildman–Crippen MR) is 85.6 cm³/mol. The maximum atomic E-state index is 12.1. The van der Waals surface area contributed by atoms with Gasteiger partial charge in [-0.15, -0.1) is 0 Å². The Hall–Kier alpha value is -1.20. The fraction of sp³-hybridized carbons (Fsp3) is 0.750. The Kier molecular flexibility index (Phi) is 5.53. The third kappa shape index (κ3) is 4.38. The molecule has 2 heterocycles. The van der Waals surface area contributed by atoms with Crippen molar-refractivity contribution < 1.29 is 0 Å². The number of aromatic amines is 1. The van der Waals surface area contributed by atoms with Crippen LogP contribution in [0.4, 0.5) is 0 Å². The smallest absolute Gasteiger partial charge is 0.255 e. The number of likely N-dealkylation sites (tertiary alicyclic amines) is 1. The van der Waals surface area contributed by atoms with Crippen molar-refractivity contribution in [3.05, 3.63) is 27.4 Å². The number of H-pyrrole nitrogens is 1. The normalized spacial score (nSPS) is 18.9. The number of aromatic nitrogens is 2. The number of piperidine rings is 1. The Morgan fingerprint density at radius 3 is 2.67 bits per heavy atom. The standard InChI is InChI=1S/C16H28N4O/c1-11(15-12(2)18-13(3)19-16(15)21)17-8-5-14-6-9-20(4)10-7-14/h11,14,17H,5-10H2,1-4H3,(H,18,19,21). The van der Waals surface area contributed by atoms with Crippen molar-refractivity contribution in [1.82, 2.24) is 20.2 Å². The van der Waals surface area contributed by atoms with Gasteiger partial charge in [0.05, 0.1) is 5.56 Å². The second kappa shape index (κ2) is 7.18. The van der Waals surface area contributed by atoms with Gasteiger partial charge in [-0.3, -0.25) is 4.79 Å². The molecule has 1 aliphatic rings. The summed E-state index contributed by atoms with van der Waals surface area (Å²) in [6, 6.07) is 0.0492. The molecule has 5 nitrogen and oxygen atoms in total. The second-order valence-corrected chi connectivity index (χ2v) is 6.36. The van der Waals surface area contributed by atoms with Crippen LogP contribution in [-0.2, 0) is 0 Å². The van der Waals surface area contributed by atoms with E-state index in [2.05, 4.69) is 27.2 Å². The first-order valence-electron chi connectivity index (χ1n) is 7.96. The van der Waals surface area contributed by atoms with Crippen LogP contribution in [0, 0.1) is 19.8 Å². The summed E-state index contributed by atoms with van der Waals surface area (Å²) in [5.41, 5.74) is 1.58. The molecule has 0 radical (unpaired) electrons. The fourth-order valence-electron chi connectivity index (χ4n) is 3.20. The lowest BCUT2D eigenvalue weighted by Gasteiger charge is -2.29. The van der Waals surface area contributed by atoms with Crippen molar-refractivity contribution >= 4 is 0 Å². The summed E-state index contributed by atoms with van der Waals surface area (Å²) in [5, 5.41) is 3.48. The number of nitrogens with one attached hydrogen (secondary N) is 2. The largest absolute Gasteiger partial charge is 0.310 e. The van der Waals surface area contributed by atoms with E-state index >= 15 is 0 Å². The van der Waals surface area contributed by atoms with E-state index in [0.29, 0.717) is 5.82 Å². The van der Waals surface area contributed by atoms with E-state index in [9.17, 15) is 4.79 Å². The Bertz CT molecular complexity index is 517. The summed E-state index contributed by atoms with van der Waals surface area (Å²) in [5.74, 6) is 1.50. The zero-order chi connectivity index (χ0) is 15.4. The molecular formula is C16H28N4O.